The Morgan fingerprint density at radius 2 is 1.72 bits per heavy atom. The predicted molar refractivity (Wildman–Crippen MR) is 109 cm³/mol. The van der Waals surface area contributed by atoms with Crippen LogP contribution in [0.15, 0.2) is 48.5 Å². The van der Waals surface area contributed by atoms with Gasteiger partial charge in [-0.25, -0.2) is 13.6 Å². The van der Waals surface area contributed by atoms with Gasteiger partial charge in [-0.2, -0.15) is 8.78 Å². The van der Waals surface area contributed by atoms with E-state index in [9.17, 15) is 27.5 Å². The second-order valence-electron chi connectivity index (χ2n) is 8.26. The average molecular weight is 452 g/mol. The van der Waals surface area contributed by atoms with Crippen molar-refractivity contribution in [3.8, 4) is 11.5 Å². The molecule has 1 aliphatic carbocycles. The number of halogens is 4. The summed E-state index contributed by atoms with van der Waals surface area (Å²) in [7, 11) is 0. The molecule has 2 unspecified atom stereocenters. The Labute approximate surface area is 183 Å². The molecule has 0 spiro atoms. The van der Waals surface area contributed by atoms with Crippen molar-refractivity contribution < 1.29 is 32.2 Å². The van der Waals surface area contributed by atoms with E-state index in [0.717, 1.165) is 5.56 Å². The molecule has 5 nitrogen and oxygen atoms in total. The summed E-state index contributed by atoms with van der Waals surface area (Å²) in [6, 6.07) is 11.0. The van der Waals surface area contributed by atoms with Crippen LogP contribution in [-0.4, -0.2) is 52.6 Å². The number of alkyl halides is 4. The lowest BCUT2D eigenvalue weighted by atomic mass is 9.78. The SMILES string of the molecule is O=C1N(Cc2ccc(OC(F)F)cc2)CCN1C1CCC(c2ccc(O)cc2)C(F)(F)C1. The van der Waals surface area contributed by atoms with Gasteiger partial charge >= 0.3 is 12.6 Å². The van der Waals surface area contributed by atoms with Gasteiger partial charge in [0.1, 0.15) is 11.5 Å². The number of phenols is 1. The molecule has 2 amide bonds. The van der Waals surface area contributed by atoms with Gasteiger partial charge in [-0.1, -0.05) is 24.3 Å². The maximum Gasteiger partial charge on any atom is 0.387 e. The lowest BCUT2D eigenvalue weighted by Crippen LogP contribution is -2.47. The number of nitrogens with zero attached hydrogens (tertiary/aromatic N) is 2. The van der Waals surface area contributed by atoms with Crippen LogP contribution in [0.1, 0.15) is 36.3 Å². The van der Waals surface area contributed by atoms with E-state index >= 15 is 0 Å². The molecule has 9 heteroatoms. The third-order valence-corrected chi connectivity index (χ3v) is 6.19. The third-order valence-electron chi connectivity index (χ3n) is 6.19. The van der Waals surface area contributed by atoms with E-state index < -0.39 is 30.9 Å². The number of phenolic OH excluding ortho intramolecular Hbond substituents is 1. The van der Waals surface area contributed by atoms with E-state index in [0.29, 0.717) is 25.1 Å². The van der Waals surface area contributed by atoms with Crippen LogP contribution in [0.3, 0.4) is 0 Å². The molecule has 0 bridgehead atoms. The zero-order valence-electron chi connectivity index (χ0n) is 17.3. The maximum atomic E-state index is 15.0. The highest BCUT2D eigenvalue weighted by atomic mass is 19.3. The number of carbonyl (C=O) groups is 1. The Morgan fingerprint density at radius 1 is 1.03 bits per heavy atom. The quantitative estimate of drug-likeness (QED) is 0.613. The first-order valence-electron chi connectivity index (χ1n) is 10.5. The molecule has 0 aromatic heterocycles. The molecule has 1 heterocycles. The Hall–Kier alpha value is -2.97. The van der Waals surface area contributed by atoms with Gasteiger partial charge in [-0.05, 0) is 48.2 Å². The van der Waals surface area contributed by atoms with E-state index in [1.165, 1.54) is 41.3 Å². The number of amides is 2. The Kier molecular flexibility index (Phi) is 6.17. The monoisotopic (exact) mass is 452 g/mol. The van der Waals surface area contributed by atoms with Gasteiger partial charge in [-0.15, -0.1) is 0 Å². The van der Waals surface area contributed by atoms with Crippen molar-refractivity contribution in [3.63, 3.8) is 0 Å². The summed E-state index contributed by atoms with van der Waals surface area (Å²) >= 11 is 0. The summed E-state index contributed by atoms with van der Waals surface area (Å²) in [6.45, 7) is -1.85. The summed E-state index contributed by atoms with van der Waals surface area (Å²) in [5.41, 5.74) is 1.23. The second kappa shape index (κ2) is 8.88. The van der Waals surface area contributed by atoms with Crippen molar-refractivity contribution in [2.75, 3.05) is 13.1 Å². The van der Waals surface area contributed by atoms with Crippen molar-refractivity contribution in [1.29, 1.82) is 0 Å². The van der Waals surface area contributed by atoms with Crippen molar-refractivity contribution >= 4 is 6.03 Å². The fourth-order valence-corrected chi connectivity index (χ4v) is 4.60. The normalized spacial score (nSPS) is 23.1. The first-order valence-corrected chi connectivity index (χ1v) is 10.5. The van der Waals surface area contributed by atoms with Crippen LogP contribution in [0, 0.1) is 0 Å². The highest BCUT2D eigenvalue weighted by molar-refractivity contribution is 5.77. The summed E-state index contributed by atoms with van der Waals surface area (Å²) in [5, 5.41) is 9.41. The zero-order chi connectivity index (χ0) is 22.9. The Balaban J connectivity index is 1.37. The van der Waals surface area contributed by atoms with Crippen molar-refractivity contribution in [1.82, 2.24) is 9.80 Å². The number of benzene rings is 2. The van der Waals surface area contributed by atoms with Gasteiger partial charge in [-0.3, -0.25) is 0 Å². The molecule has 2 fully saturated rings. The van der Waals surface area contributed by atoms with Crippen LogP contribution in [0.5, 0.6) is 11.5 Å². The van der Waals surface area contributed by atoms with Gasteiger partial charge in [0, 0.05) is 38.0 Å². The lowest BCUT2D eigenvalue weighted by Gasteiger charge is -2.39. The number of aromatic hydroxyl groups is 1. The smallest absolute Gasteiger partial charge is 0.387 e. The van der Waals surface area contributed by atoms with Crippen molar-refractivity contribution in [3.05, 3.63) is 59.7 Å². The van der Waals surface area contributed by atoms with Gasteiger partial charge in [0.25, 0.3) is 5.92 Å². The summed E-state index contributed by atoms with van der Waals surface area (Å²) < 4.78 is 58.8. The average Bonchev–Trinajstić information content (AvgIpc) is 3.09. The standard InChI is InChI=1S/C23H24F4N2O3/c24-21(25)32-19-8-1-15(2-9-19)14-28-11-12-29(22(28)31)17-5-10-20(23(26,27)13-17)16-3-6-18(30)7-4-16/h1-4,6-9,17,20-21,30H,5,10-14H2. The van der Waals surface area contributed by atoms with Crippen LogP contribution in [-0.2, 0) is 6.54 Å². The van der Waals surface area contributed by atoms with Crippen LogP contribution in [0.2, 0.25) is 0 Å². The summed E-state index contributed by atoms with van der Waals surface area (Å²) in [6.07, 6.45) is 0.315. The molecule has 2 atom stereocenters. The number of rotatable bonds is 6. The molecular formula is C23H24F4N2O3. The first kappa shape index (κ1) is 22.2. The third kappa shape index (κ3) is 4.76. The zero-order valence-corrected chi connectivity index (χ0v) is 17.3. The van der Waals surface area contributed by atoms with Crippen molar-refractivity contribution in [2.45, 2.75) is 50.3 Å². The largest absolute Gasteiger partial charge is 0.508 e. The number of carbonyl (C=O) groups excluding carboxylic acids is 1. The lowest BCUT2D eigenvalue weighted by molar-refractivity contribution is -0.0750. The Morgan fingerprint density at radius 3 is 2.34 bits per heavy atom. The molecule has 0 radical (unpaired) electrons. The molecule has 2 aliphatic rings. The Bertz CT molecular complexity index is 937. The predicted octanol–water partition coefficient (Wildman–Crippen LogP) is 5.20. The molecule has 1 saturated carbocycles. The summed E-state index contributed by atoms with van der Waals surface area (Å²) in [5.74, 6) is -3.84. The minimum atomic E-state index is -2.96. The van der Waals surface area contributed by atoms with Gasteiger partial charge in [0.05, 0.1) is 0 Å². The fourth-order valence-electron chi connectivity index (χ4n) is 4.60. The van der Waals surface area contributed by atoms with Gasteiger partial charge in [0.15, 0.2) is 0 Å². The van der Waals surface area contributed by atoms with Gasteiger partial charge < -0.3 is 19.6 Å². The van der Waals surface area contributed by atoms with E-state index in [-0.39, 0.29) is 30.5 Å². The molecule has 4 rings (SSSR count). The maximum absolute atomic E-state index is 15.0. The molecule has 1 N–H and O–H groups in total. The minimum absolute atomic E-state index is 0.0321. The number of urea groups is 1. The minimum Gasteiger partial charge on any atom is -0.508 e. The molecule has 2 aromatic rings. The highest BCUT2D eigenvalue weighted by Crippen LogP contribution is 2.46. The highest BCUT2D eigenvalue weighted by Gasteiger charge is 2.49. The topological polar surface area (TPSA) is 53.0 Å². The van der Waals surface area contributed by atoms with Crippen LogP contribution in [0.25, 0.3) is 0 Å². The first-order chi connectivity index (χ1) is 15.2. The van der Waals surface area contributed by atoms with Gasteiger partial charge in [0.2, 0.25) is 0 Å². The van der Waals surface area contributed by atoms with Crippen molar-refractivity contribution in [2.24, 2.45) is 0 Å². The number of hydrogen-bond acceptors (Lipinski definition) is 3. The van der Waals surface area contributed by atoms with Crippen LogP contribution in [0.4, 0.5) is 22.4 Å². The molecular weight excluding hydrogens is 428 g/mol. The van der Waals surface area contributed by atoms with E-state index in [4.69, 9.17) is 0 Å². The molecule has 1 saturated heterocycles. The molecule has 32 heavy (non-hydrogen) atoms. The van der Waals surface area contributed by atoms with E-state index in [1.807, 2.05) is 0 Å². The molecule has 172 valence electrons. The van der Waals surface area contributed by atoms with Crippen LogP contribution >= 0.6 is 0 Å². The fraction of sp³-hybridized carbons (Fsp3) is 0.435. The van der Waals surface area contributed by atoms with Crippen LogP contribution < -0.4 is 4.74 Å². The van der Waals surface area contributed by atoms with E-state index in [1.54, 1.807) is 17.0 Å². The molecule has 2 aromatic carbocycles. The molecule has 1 aliphatic heterocycles. The van der Waals surface area contributed by atoms with E-state index in [2.05, 4.69) is 4.74 Å². The second-order valence-corrected chi connectivity index (χ2v) is 8.26. The number of ether oxygens (including phenoxy) is 1. The number of hydrogen-bond donors (Lipinski definition) is 1. The summed E-state index contributed by atoms with van der Waals surface area (Å²) in [4.78, 5) is 16.0.